The number of nitrogens with zero attached hydrogens (tertiary/aromatic N) is 2. The highest BCUT2D eigenvalue weighted by Crippen LogP contribution is 2.35. The van der Waals surface area contributed by atoms with Crippen molar-refractivity contribution in [2.24, 2.45) is 7.05 Å². The van der Waals surface area contributed by atoms with E-state index in [4.69, 9.17) is 0 Å². The molecule has 1 aromatic carbocycles. The second-order valence-electron chi connectivity index (χ2n) is 4.79. The van der Waals surface area contributed by atoms with Gasteiger partial charge in [-0.25, -0.2) is 4.39 Å². The van der Waals surface area contributed by atoms with Gasteiger partial charge in [0.05, 0.1) is 16.0 Å². The Hall–Kier alpha value is -1.33. The molecule has 0 radical (unpaired) electrons. The van der Waals surface area contributed by atoms with E-state index in [-0.39, 0.29) is 11.9 Å². The van der Waals surface area contributed by atoms with Gasteiger partial charge in [0, 0.05) is 19.3 Å². The molecule has 0 amide bonds. The van der Waals surface area contributed by atoms with Crippen LogP contribution in [0.15, 0.2) is 40.4 Å². The summed E-state index contributed by atoms with van der Waals surface area (Å²) < 4.78 is 15.9. The topological polar surface area (TPSA) is 29.9 Å². The van der Waals surface area contributed by atoms with Crippen LogP contribution in [0.1, 0.15) is 31.9 Å². The van der Waals surface area contributed by atoms with Gasteiger partial charge >= 0.3 is 0 Å². The zero-order valence-electron chi connectivity index (χ0n) is 12.1. The maximum Gasteiger partial charge on any atom is 0.137 e. The lowest BCUT2D eigenvalue weighted by atomic mass is 10.1. The number of halogens is 1. The molecule has 0 spiro atoms. The predicted molar refractivity (Wildman–Crippen MR) is 80.4 cm³/mol. The van der Waals surface area contributed by atoms with Crippen LogP contribution < -0.4 is 5.32 Å². The van der Waals surface area contributed by atoms with E-state index in [1.54, 1.807) is 16.9 Å². The summed E-state index contributed by atoms with van der Waals surface area (Å²) in [5.74, 6) is -0.179. The van der Waals surface area contributed by atoms with E-state index >= 15 is 0 Å². The molecule has 0 bridgehead atoms. The number of aromatic nitrogens is 2. The molecule has 0 fully saturated rings. The molecule has 0 saturated heterocycles. The van der Waals surface area contributed by atoms with Gasteiger partial charge in [-0.05, 0) is 31.5 Å². The molecule has 0 saturated carbocycles. The van der Waals surface area contributed by atoms with E-state index in [9.17, 15) is 4.39 Å². The zero-order chi connectivity index (χ0) is 14.5. The molecule has 1 aromatic heterocycles. The summed E-state index contributed by atoms with van der Waals surface area (Å²) in [7, 11) is 1.86. The van der Waals surface area contributed by atoms with Crippen LogP contribution in [0.5, 0.6) is 0 Å². The molecule has 0 aliphatic rings. The molecule has 1 atom stereocenters. The lowest BCUT2D eigenvalue weighted by Crippen LogP contribution is -2.20. The largest absolute Gasteiger partial charge is 0.310 e. The zero-order valence-corrected chi connectivity index (χ0v) is 12.9. The van der Waals surface area contributed by atoms with Crippen molar-refractivity contribution >= 4 is 11.8 Å². The van der Waals surface area contributed by atoms with Crippen molar-refractivity contribution in [3.05, 3.63) is 42.0 Å². The molecule has 0 aliphatic carbocycles. The molecule has 1 N–H and O–H groups in total. The SMILES string of the molecule is CCCNC(C)c1cccc(F)c1Sc1cnn(C)c1. The Morgan fingerprint density at radius 3 is 2.90 bits per heavy atom. The maximum absolute atomic E-state index is 14.1. The number of hydrogen-bond acceptors (Lipinski definition) is 3. The minimum absolute atomic E-state index is 0.129. The molecule has 20 heavy (non-hydrogen) atoms. The van der Waals surface area contributed by atoms with E-state index in [1.807, 2.05) is 19.3 Å². The van der Waals surface area contributed by atoms with Crippen LogP contribution in [0.25, 0.3) is 0 Å². The van der Waals surface area contributed by atoms with Crippen molar-refractivity contribution in [2.45, 2.75) is 36.1 Å². The first-order valence-corrected chi connectivity index (χ1v) is 7.61. The van der Waals surface area contributed by atoms with Crippen LogP contribution in [0.4, 0.5) is 4.39 Å². The minimum Gasteiger partial charge on any atom is -0.310 e. The molecule has 2 rings (SSSR count). The number of hydrogen-bond donors (Lipinski definition) is 1. The molecule has 1 unspecified atom stereocenters. The molecular weight excluding hydrogens is 273 g/mol. The van der Waals surface area contributed by atoms with Gasteiger partial charge in [-0.3, -0.25) is 4.68 Å². The minimum atomic E-state index is -0.179. The first-order chi connectivity index (χ1) is 9.61. The second kappa shape index (κ2) is 6.90. The number of aryl methyl sites for hydroxylation is 1. The van der Waals surface area contributed by atoms with Gasteiger partial charge in [0.2, 0.25) is 0 Å². The molecule has 1 heterocycles. The van der Waals surface area contributed by atoms with E-state index in [2.05, 4.69) is 24.3 Å². The lowest BCUT2D eigenvalue weighted by molar-refractivity contribution is 0.543. The van der Waals surface area contributed by atoms with Gasteiger partial charge in [-0.1, -0.05) is 30.8 Å². The van der Waals surface area contributed by atoms with Crippen LogP contribution >= 0.6 is 11.8 Å². The van der Waals surface area contributed by atoms with Crippen LogP contribution in [-0.2, 0) is 7.05 Å². The number of rotatable bonds is 6. The fourth-order valence-electron chi connectivity index (χ4n) is 2.01. The quantitative estimate of drug-likeness (QED) is 0.879. The summed E-state index contributed by atoms with van der Waals surface area (Å²) in [6, 6.07) is 5.39. The van der Waals surface area contributed by atoms with Gasteiger partial charge < -0.3 is 5.32 Å². The van der Waals surface area contributed by atoms with Gasteiger partial charge in [-0.15, -0.1) is 0 Å². The average Bonchev–Trinajstić information content (AvgIpc) is 2.84. The first kappa shape index (κ1) is 15.1. The third-order valence-corrected chi connectivity index (χ3v) is 4.15. The maximum atomic E-state index is 14.1. The summed E-state index contributed by atoms with van der Waals surface area (Å²) in [6.07, 6.45) is 4.71. The molecule has 3 nitrogen and oxygen atoms in total. The highest BCUT2D eigenvalue weighted by Gasteiger charge is 2.15. The first-order valence-electron chi connectivity index (χ1n) is 6.80. The lowest BCUT2D eigenvalue weighted by Gasteiger charge is -2.17. The second-order valence-corrected chi connectivity index (χ2v) is 5.87. The summed E-state index contributed by atoms with van der Waals surface area (Å²) in [5.41, 5.74) is 0.993. The van der Waals surface area contributed by atoms with Crippen molar-refractivity contribution in [3.63, 3.8) is 0 Å². The fraction of sp³-hybridized carbons (Fsp3) is 0.400. The monoisotopic (exact) mass is 293 g/mol. The molecule has 108 valence electrons. The van der Waals surface area contributed by atoms with E-state index in [0.29, 0.717) is 4.90 Å². The number of benzene rings is 1. The van der Waals surface area contributed by atoms with E-state index < -0.39 is 0 Å². The molecule has 0 aliphatic heterocycles. The third kappa shape index (κ3) is 3.61. The summed E-state index contributed by atoms with van der Waals surface area (Å²) in [5, 5.41) is 7.53. The average molecular weight is 293 g/mol. The smallest absolute Gasteiger partial charge is 0.137 e. The fourth-order valence-corrected chi connectivity index (χ4v) is 3.08. The highest BCUT2D eigenvalue weighted by atomic mass is 32.2. The van der Waals surface area contributed by atoms with Crippen molar-refractivity contribution in [1.29, 1.82) is 0 Å². The van der Waals surface area contributed by atoms with Crippen LogP contribution in [0.2, 0.25) is 0 Å². The Kier molecular flexibility index (Phi) is 5.20. The summed E-state index contributed by atoms with van der Waals surface area (Å²) in [4.78, 5) is 1.62. The highest BCUT2D eigenvalue weighted by molar-refractivity contribution is 7.99. The van der Waals surface area contributed by atoms with Crippen molar-refractivity contribution in [2.75, 3.05) is 6.54 Å². The van der Waals surface area contributed by atoms with Crippen LogP contribution in [0, 0.1) is 5.82 Å². The van der Waals surface area contributed by atoms with Gasteiger partial charge in [-0.2, -0.15) is 5.10 Å². The Morgan fingerprint density at radius 1 is 1.45 bits per heavy atom. The summed E-state index contributed by atoms with van der Waals surface area (Å²) in [6.45, 7) is 5.11. The Morgan fingerprint density at radius 2 is 2.25 bits per heavy atom. The predicted octanol–water partition coefficient (Wildman–Crippen LogP) is 3.77. The molecule has 2 aromatic rings. The van der Waals surface area contributed by atoms with Crippen molar-refractivity contribution < 1.29 is 4.39 Å². The van der Waals surface area contributed by atoms with Gasteiger partial charge in [0.25, 0.3) is 0 Å². The van der Waals surface area contributed by atoms with Crippen molar-refractivity contribution in [1.82, 2.24) is 15.1 Å². The van der Waals surface area contributed by atoms with Gasteiger partial charge in [0.15, 0.2) is 0 Å². The normalized spacial score (nSPS) is 12.6. The van der Waals surface area contributed by atoms with Crippen LogP contribution in [0.3, 0.4) is 0 Å². The van der Waals surface area contributed by atoms with E-state index in [0.717, 1.165) is 23.4 Å². The van der Waals surface area contributed by atoms with Gasteiger partial charge in [0.1, 0.15) is 5.82 Å². The standard InChI is InChI=1S/C15H20FN3S/c1-4-8-17-11(2)13-6-5-7-14(16)15(13)20-12-9-18-19(3)10-12/h5-7,9-11,17H,4,8H2,1-3H3. The van der Waals surface area contributed by atoms with Crippen molar-refractivity contribution in [3.8, 4) is 0 Å². The Balaban J connectivity index is 2.26. The Labute approximate surface area is 123 Å². The van der Waals surface area contributed by atoms with Crippen LogP contribution in [-0.4, -0.2) is 16.3 Å². The molecule has 5 heteroatoms. The summed E-state index contributed by atoms with van der Waals surface area (Å²) >= 11 is 1.43. The molecular formula is C15H20FN3S. The third-order valence-electron chi connectivity index (χ3n) is 3.07. The number of nitrogens with one attached hydrogen (secondary N) is 1. The Bertz CT molecular complexity index is 568. The van der Waals surface area contributed by atoms with E-state index in [1.165, 1.54) is 17.8 Å².